The Kier molecular flexibility index (Phi) is 5.97. The Morgan fingerprint density at radius 1 is 0.468 bits per heavy atom. The number of rotatable bonds is 5. The Morgan fingerprint density at radius 3 is 1.32 bits per heavy atom. The monoisotopic (exact) mass is 642 g/mol. The second-order valence-electron chi connectivity index (χ2n) is 10.3. The van der Waals surface area contributed by atoms with Crippen molar-refractivity contribution in [3.63, 3.8) is 0 Å². The van der Waals surface area contributed by atoms with E-state index < -0.39 is 54.0 Å². The number of alkyl halides is 6. The van der Waals surface area contributed by atoms with Gasteiger partial charge in [-0.15, -0.1) is 20.4 Å². The summed E-state index contributed by atoms with van der Waals surface area (Å²) >= 11 is 0. The van der Waals surface area contributed by atoms with Gasteiger partial charge in [0.25, 0.3) is 0 Å². The van der Waals surface area contributed by atoms with E-state index in [1.807, 2.05) is 0 Å². The molecule has 0 saturated carbocycles. The van der Waals surface area contributed by atoms with Crippen LogP contribution >= 0.6 is 0 Å². The van der Waals surface area contributed by atoms with Gasteiger partial charge < -0.3 is 4.90 Å². The molecule has 0 aliphatic rings. The lowest BCUT2D eigenvalue weighted by atomic mass is 10.0. The van der Waals surface area contributed by atoms with Gasteiger partial charge in [0.2, 0.25) is 0 Å². The van der Waals surface area contributed by atoms with E-state index in [1.54, 1.807) is 48.5 Å². The van der Waals surface area contributed by atoms with Crippen molar-refractivity contribution < 1.29 is 33.2 Å². The standard InChI is InChI=1S/C36H21F6N5/c37-35(38,39)33-29-18-6-4-16-27(29)31(43-45-33)22-10-8-14-25(20-22)47(24-12-2-1-3-13-24)26-15-9-11-23(21-26)32-28-17-5-7-19-30(28)34(46-44-32)36(40,41)42/h1-21H/i1D,2D,3D,12D,13D. The highest BCUT2D eigenvalue weighted by Gasteiger charge is 2.37. The van der Waals surface area contributed by atoms with Crippen LogP contribution in [0.15, 0.2) is 127 Å². The first-order chi connectivity index (χ1) is 24.7. The molecule has 11 heteroatoms. The molecule has 0 bridgehead atoms. The summed E-state index contributed by atoms with van der Waals surface area (Å²) in [7, 11) is 0. The minimum atomic E-state index is -4.78. The molecule has 7 rings (SSSR count). The molecule has 5 nitrogen and oxygen atoms in total. The highest BCUT2D eigenvalue weighted by molar-refractivity contribution is 5.98. The van der Waals surface area contributed by atoms with Crippen LogP contribution in [-0.2, 0) is 12.4 Å². The molecule has 0 amide bonds. The molecule has 7 aromatic rings. The van der Waals surface area contributed by atoms with E-state index in [0.717, 1.165) is 0 Å². The fourth-order valence-corrected chi connectivity index (χ4v) is 5.40. The predicted molar refractivity (Wildman–Crippen MR) is 168 cm³/mol. The maximum atomic E-state index is 13.8. The second kappa shape index (κ2) is 11.5. The minimum Gasteiger partial charge on any atom is -0.310 e. The van der Waals surface area contributed by atoms with Crippen LogP contribution in [0.3, 0.4) is 0 Å². The van der Waals surface area contributed by atoms with Gasteiger partial charge in [-0.25, -0.2) is 0 Å². The highest BCUT2D eigenvalue weighted by atomic mass is 19.4. The Balaban J connectivity index is 1.46. The van der Waals surface area contributed by atoms with E-state index >= 15 is 0 Å². The quantitative estimate of drug-likeness (QED) is 0.175. The lowest BCUT2D eigenvalue weighted by molar-refractivity contribution is -0.141. The first-order valence-corrected chi connectivity index (χ1v) is 13.9. The van der Waals surface area contributed by atoms with Crippen molar-refractivity contribution in [2.24, 2.45) is 0 Å². The van der Waals surface area contributed by atoms with Crippen LogP contribution < -0.4 is 4.90 Å². The van der Waals surface area contributed by atoms with E-state index in [-0.39, 0.29) is 50.0 Å². The van der Waals surface area contributed by atoms with Crippen molar-refractivity contribution in [1.29, 1.82) is 0 Å². The van der Waals surface area contributed by atoms with Gasteiger partial charge in [-0.05, 0) is 36.4 Å². The Hall–Kier alpha value is -5.84. The zero-order valence-corrected chi connectivity index (χ0v) is 23.7. The van der Waals surface area contributed by atoms with Crippen LogP contribution in [0.1, 0.15) is 18.2 Å². The average Bonchev–Trinajstić information content (AvgIpc) is 3.13. The van der Waals surface area contributed by atoms with E-state index in [9.17, 15) is 26.3 Å². The van der Waals surface area contributed by atoms with Crippen molar-refractivity contribution in [1.82, 2.24) is 20.4 Å². The van der Waals surface area contributed by atoms with Crippen molar-refractivity contribution in [3.8, 4) is 22.5 Å². The molecule has 2 aromatic heterocycles. The predicted octanol–water partition coefficient (Wildman–Crippen LogP) is 10.4. The van der Waals surface area contributed by atoms with Crippen molar-refractivity contribution >= 4 is 38.6 Å². The molecule has 0 saturated heterocycles. The van der Waals surface area contributed by atoms with Gasteiger partial charge in [-0.3, -0.25) is 0 Å². The number of hydrogen-bond acceptors (Lipinski definition) is 5. The molecule has 0 aliphatic carbocycles. The molecule has 0 atom stereocenters. The summed E-state index contributed by atoms with van der Waals surface area (Å²) < 4.78 is 126. The number of nitrogens with zero attached hydrogens (tertiary/aromatic N) is 5. The third-order valence-corrected chi connectivity index (χ3v) is 7.38. The van der Waals surface area contributed by atoms with Gasteiger partial charge in [0.1, 0.15) is 11.4 Å². The van der Waals surface area contributed by atoms with Crippen molar-refractivity contribution in [2.45, 2.75) is 12.4 Å². The lowest BCUT2D eigenvalue weighted by Gasteiger charge is -2.26. The van der Waals surface area contributed by atoms with Crippen LogP contribution in [0, 0.1) is 0 Å². The zero-order valence-electron chi connectivity index (χ0n) is 28.7. The SMILES string of the molecule is [2H]c1c([2H])c([2H])c(N(c2cccc(-c3nnc(C(F)(F)F)c4ccccc34)c2)c2cccc(-c3nnc(C(F)(F)F)c4ccccc34)c2)c([2H])c1[2H]. The number of para-hydroxylation sites is 1. The number of halogens is 6. The summed E-state index contributed by atoms with van der Waals surface area (Å²) in [6.45, 7) is 0. The van der Waals surface area contributed by atoms with Gasteiger partial charge >= 0.3 is 12.4 Å². The molecule has 2 heterocycles. The molecular formula is C36H21F6N5. The average molecular weight is 643 g/mol. The number of fused-ring (bicyclic) bond motifs is 2. The lowest BCUT2D eigenvalue weighted by Crippen LogP contribution is -2.12. The summed E-state index contributed by atoms with van der Waals surface area (Å²) in [5, 5.41) is 14.8. The van der Waals surface area contributed by atoms with Crippen LogP contribution in [0.2, 0.25) is 0 Å². The smallest absolute Gasteiger partial charge is 0.310 e. The Labute approximate surface area is 270 Å². The zero-order chi connectivity index (χ0) is 37.1. The van der Waals surface area contributed by atoms with Crippen LogP contribution in [0.4, 0.5) is 43.4 Å². The van der Waals surface area contributed by atoms with Crippen LogP contribution in [0.25, 0.3) is 44.1 Å². The third-order valence-electron chi connectivity index (χ3n) is 7.38. The molecule has 0 radical (unpaired) electrons. The van der Waals surface area contributed by atoms with E-state index in [0.29, 0.717) is 11.1 Å². The fourth-order valence-electron chi connectivity index (χ4n) is 5.40. The van der Waals surface area contributed by atoms with Gasteiger partial charge in [0.15, 0.2) is 11.4 Å². The first-order valence-electron chi connectivity index (χ1n) is 16.4. The maximum Gasteiger partial charge on any atom is 0.435 e. The summed E-state index contributed by atoms with van der Waals surface area (Å²) in [5.41, 5.74) is -1.42. The highest BCUT2D eigenvalue weighted by Crippen LogP contribution is 2.41. The third kappa shape index (κ3) is 5.60. The van der Waals surface area contributed by atoms with Gasteiger partial charge in [0.05, 0.1) is 6.85 Å². The Bertz CT molecular complexity index is 2370. The molecule has 0 spiro atoms. The van der Waals surface area contributed by atoms with Crippen LogP contribution in [0.5, 0.6) is 0 Å². The summed E-state index contributed by atoms with van der Waals surface area (Å²) in [6.07, 6.45) is -9.56. The number of benzene rings is 5. The van der Waals surface area contributed by atoms with E-state index in [4.69, 9.17) is 6.85 Å². The Morgan fingerprint density at radius 2 is 0.894 bits per heavy atom. The summed E-state index contributed by atoms with van der Waals surface area (Å²) in [4.78, 5) is 1.35. The molecule has 0 aliphatic heterocycles. The van der Waals surface area contributed by atoms with Crippen LogP contribution in [-0.4, -0.2) is 20.4 Å². The minimum absolute atomic E-state index is 0.0895. The summed E-state index contributed by atoms with van der Waals surface area (Å²) in [5.74, 6) is 0. The molecule has 5 aromatic carbocycles. The summed E-state index contributed by atoms with van der Waals surface area (Å²) in [6, 6.07) is 20.9. The topological polar surface area (TPSA) is 54.8 Å². The fraction of sp³-hybridized carbons (Fsp3) is 0.0556. The maximum absolute atomic E-state index is 13.8. The van der Waals surface area contributed by atoms with E-state index in [2.05, 4.69) is 20.4 Å². The number of hydrogen-bond donors (Lipinski definition) is 0. The van der Waals surface area contributed by atoms with Gasteiger partial charge in [-0.2, -0.15) is 26.3 Å². The molecule has 0 N–H and O–H groups in total. The normalized spacial score (nSPS) is 13.5. The first kappa shape index (κ1) is 24.4. The number of anilines is 3. The number of aromatic nitrogens is 4. The van der Waals surface area contributed by atoms with E-state index in [1.165, 1.54) is 53.4 Å². The molecule has 0 unspecified atom stereocenters. The van der Waals surface area contributed by atoms with Gasteiger partial charge in [0, 0.05) is 49.7 Å². The molecule has 0 fully saturated rings. The second-order valence-corrected chi connectivity index (χ2v) is 10.3. The molecular weight excluding hydrogens is 616 g/mol. The largest absolute Gasteiger partial charge is 0.435 e. The van der Waals surface area contributed by atoms with Crippen molar-refractivity contribution in [3.05, 3.63) is 139 Å². The van der Waals surface area contributed by atoms with Crippen molar-refractivity contribution in [2.75, 3.05) is 4.90 Å². The van der Waals surface area contributed by atoms with Gasteiger partial charge in [-0.1, -0.05) is 90.9 Å². The molecule has 47 heavy (non-hydrogen) atoms. The molecule has 232 valence electrons.